The summed E-state index contributed by atoms with van der Waals surface area (Å²) in [4.78, 5) is 7.99. The molecule has 0 bridgehead atoms. The van der Waals surface area contributed by atoms with E-state index in [0.717, 1.165) is 6.42 Å². The predicted octanol–water partition coefficient (Wildman–Crippen LogP) is 0.113. The number of anilines is 2. The summed E-state index contributed by atoms with van der Waals surface area (Å²) in [6.07, 6.45) is 2.22. The fourth-order valence-corrected chi connectivity index (χ4v) is 2.20. The van der Waals surface area contributed by atoms with Crippen molar-refractivity contribution in [3.05, 3.63) is 11.3 Å². The van der Waals surface area contributed by atoms with E-state index in [4.69, 9.17) is 22.4 Å². The molecule has 0 spiro atoms. The number of nitrogens with two attached hydrogens (primary N) is 1. The highest BCUT2D eigenvalue weighted by atomic mass is 35.5. The maximum absolute atomic E-state index is 9.20. The van der Waals surface area contributed by atoms with E-state index in [1.54, 1.807) is 0 Å². The number of aliphatic hydroxyl groups is 2. The molecule has 0 saturated heterocycles. The number of aliphatic hydroxyl groups excluding tert-OH is 2. The molecule has 2 rings (SSSR count). The Balaban J connectivity index is 2.00. The largest absolute Gasteiger partial charge is 0.396 e. The molecule has 1 aliphatic carbocycles. The lowest BCUT2D eigenvalue weighted by molar-refractivity contribution is 0.0326. The minimum atomic E-state index is 0.0277. The molecule has 7 heteroatoms. The molecule has 1 aromatic rings. The lowest BCUT2D eigenvalue weighted by Crippen LogP contribution is -2.50. The van der Waals surface area contributed by atoms with Gasteiger partial charge in [0.2, 0.25) is 5.95 Å². The lowest BCUT2D eigenvalue weighted by Gasteiger charge is -2.43. The Hall–Kier alpha value is -1.11. The molecule has 1 aliphatic rings. The second kappa shape index (κ2) is 5.03. The number of hydrogen-bond acceptors (Lipinski definition) is 6. The molecular weight excluding hydrogens is 244 g/mol. The third kappa shape index (κ3) is 2.43. The SMILES string of the molecule is Nc1cnc(NC2CC(CO)C2CO)nc1Cl. The first kappa shape index (κ1) is 12.3. The van der Waals surface area contributed by atoms with Gasteiger partial charge in [-0.05, 0) is 12.3 Å². The van der Waals surface area contributed by atoms with Gasteiger partial charge in [-0.25, -0.2) is 4.98 Å². The normalized spacial score (nSPS) is 27.6. The van der Waals surface area contributed by atoms with Crippen molar-refractivity contribution < 1.29 is 10.2 Å². The Morgan fingerprint density at radius 1 is 1.47 bits per heavy atom. The number of halogens is 1. The Morgan fingerprint density at radius 2 is 2.24 bits per heavy atom. The van der Waals surface area contributed by atoms with E-state index in [0.29, 0.717) is 11.6 Å². The van der Waals surface area contributed by atoms with Crippen molar-refractivity contribution in [3.8, 4) is 0 Å². The van der Waals surface area contributed by atoms with Gasteiger partial charge in [-0.1, -0.05) is 11.6 Å². The van der Waals surface area contributed by atoms with Crippen molar-refractivity contribution in [3.63, 3.8) is 0 Å². The van der Waals surface area contributed by atoms with Crippen LogP contribution in [0.3, 0.4) is 0 Å². The van der Waals surface area contributed by atoms with E-state index in [2.05, 4.69) is 15.3 Å². The average molecular weight is 259 g/mol. The smallest absolute Gasteiger partial charge is 0.224 e. The molecule has 5 N–H and O–H groups in total. The van der Waals surface area contributed by atoms with Gasteiger partial charge < -0.3 is 21.3 Å². The Morgan fingerprint density at radius 3 is 2.82 bits per heavy atom. The van der Waals surface area contributed by atoms with Crippen LogP contribution in [0.1, 0.15) is 6.42 Å². The third-order valence-electron chi connectivity index (χ3n) is 3.21. The van der Waals surface area contributed by atoms with Crippen molar-refractivity contribution in [1.29, 1.82) is 0 Å². The molecule has 1 heterocycles. The highest BCUT2D eigenvalue weighted by Gasteiger charge is 2.40. The molecule has 1 saturated carbocycles. The summed E-state index contributed by atoms with van der Waals surface area (Å²) in [7, 11) is 0. The van der Waals surface area contributed by atoms with Gasteiger partial charge in [-0.3, -0.25) is 0 Å². The van der Waals surface area contributed by atoms with E-state index in [1.165, 1.54) is 6.20 Å². The van der Waals surface area contributed by atoms with E-state index < -0.39 is 0 Å². The van der Waals surface area contributed by atoms with E-state index in [-0.39, 0.29) is 36.2 Å². The second-order valence-electron chi connectivity index (χ2n) is 4.22. The quantitative estimate of drug-likeness (QED) is 0.572. The standard InChI is InChI=1S/C10H15ClN4O2/c11-9-7(12)2-13-10(15-9)14-8-1-5(3-16)6(8)4-17/h2,5-6,8,16-17H,1,3-4,12H2,(H,13,14,15). The van der Waals surface area contributed by atoms with Crippen LogP contribution in [0.15, 0.2) is 6.20 Å². The molecule has 0 amide bonds. The van der Waals surface area contributed by atoms with Crippen molar-refractivity contribution in [1.82, 2.24) is 9.97 Å². The van der Waals surface area contributed by atoms with Gasteiger partial charge in [0.25, 0.3) is 0 Å². The van der Waals surface area contributed by atoms with Crippen LogP contribution in [0.5, 0.6) is 0 Å². The van der Waals surface area contributed by atoms with Crippen LogP contribution < -0.4 is 11.1 Å². The van der Waals surface area contributed by atoms with E-state index in [9.17, 15) is 5.11 Å². The molecular formula is C10H15ClN4O2. The van der Waals surface area contributed by atoms with Gasteiger partial charge in [0, 0.05) is 25.2 Å². The van der Waals surface area contributed by atoms with Crippen molar-refractivity contribution in [2.24, 2.45) is 11.8 Å². The van der Waals surface area contributed by atoms with Crippen LogP contribution in [-0.4, -0.2) is 39.4 Å². The molecule has 17 heavy (non-hydrogen) atoms. The first-order chi connectivity index (χ1) is 8.15. The Kier molecular flexibility index (Phi) is 3.66. The molecule has 6 nitrogen and oxygen atoms in total. The zero-order chi connectivity index (χ0) is 12.4. The number of hydrogen-bond donors (Lipinski definition) is 4. The highest BCUT2D eigenvalue weighted by Crippen LogP contribution is 2.35. The first-order valence-electron chi connectivity index (χ1n) is 5.42. The van der Waals surface area contributed by atoms with Gasteiger partial charge in [-0.15, -0.1) is 0 Å². The van der Waals surface area contributed by atoms with Crippen molar-refractivity contribution in [2.45, 2.75) is 12.5 Å². The summed E-state index contributed by atoms with van der Waals surface area (Å²) in [5.41, 5.74) is 5.84. The van der Waals surface area contributed by atoms with Crippen LogP contribution in [0.2, 0.25) is 5.15 Å². The highest BCUT2D eigenvalue weighted by molar-refractivity contribution is 6.31. The van der Waals surface area contributed by atoms with Gasteiger partial charge in [0.05, 0.1) is 11.9 Å². The monoisotopic (exact) mass is 258 g/mol. The predicted molar refractivity (Wildman–Crippen MR) is 64.6 cm³/mol. The van der Waals surface area contributed by atoms with Gasteiger partial charge in [-0.2, -0.15) is 4.98 Å². The minimum absolute atomic E-state index is 0.0277. The summed E-state index contributed by atoms with van der Waals surface area (Å²) >= 11 is 5.78. The number of aromatic nitrogens is 2. The number of rotatable bonds is 4. The molecule has 0 aliphatic heterocycles. The lowest BCUT2D eigenvalue weighted by atomic mass is 9.70. The summed E-state index contributed by atoms with van der Waals surface area (Å²) in [5.74, 6) is 0.561. The zero-order valence-electron chi connectivity index (χ0n) is 9.17. The Bertz CT molecular complexity index is 404. The molecule has 94 valence electrons. The minimum Gasteiger partial charge on any atom is -0.396 e. The molecule has 0 radical (unpaired) electrons. The number of nitrogens with one attached hydrogen (secondary N) is 1. The van der Waals surface area contributed by atoms with Crippen LogP contribution in [0.4, 0.5) is 11.6 Å². The fraction of sp³-hybridized carbons (Fsp3) is 0.600. The van der Waals surface area contributed by atoms with Gasteiger partial charge in [0.15, 0.2) is 5.15 Å². The summed E-state index contributed by atoms with van der Waals surface area (Å²) in [6.45, 7) is 0.123. The summed E-state index contributed by atoms with van der Waals surface area (Å²) in [6, 6.07) is 0.0665. The topological polar surface area (TPSA) is 104 Å². The van der Waals surface area contributed by atoms with Crippen LogP contribution in [-0.2, 0) is 0 Å². The van der Waals surface area contributed by atoms with E-state index in [1.807, 2.05) is 0 Å². The van der Waals surface area contributed by atoms with E-state index >= 15 is 0 Å². The maximum atomic E-state index is 9.20. The third-order valence-corrected chi connectivity index (χ3v) is 3.51. The molecule has 1 aromatic heterocycles. The Labute approximate surface area is 104 Å². The van der Waals surface area contributed by atoms with Gasteiger partial charge in [0.1, 0.15) is 0 Å². The maximum Gasteiger partial charge on any atom is 0.224 e. The zero-order valence-corrected chi connectivity index (χ0v) is 9.93. The molecule has 1 fully saturated rings. The summed E-state index contributed by atoms with van der Waals surface area (Å²) in [5, 5.41) is 21.5. The number of nitrogens with zero attached hydrogens (tertiary/aromatic N) is 2. The molecule has 3 atom stereocenters. The van der Waals surface area contributed by atoms with Crippen molar-refractivity contribution >= 4 is 23.2 Å². The van der Waals surface area contributed by atoms with Crippen LogP contribution in [0, 0.1) is 11.8 Å². The fourth-order valence-electron chi connectivity index (χ4n) is 2.07. The molecule has 3 unspecified atom stereocenters. The van der Waals surface area contributed by atoms with Crippen molar-refractivity contribution in [2.75, 3.05) is 24.3 Å². The number of nitrogen functional groups attached to an aromatic ring is 1. The van der Waals surface area contributed by atoms with Crippen LogP contribution >= 0.6 is 11.6 Å². The first-order valence-corrected chi connectivity index (χ1v) is 5.79. The summed E-state index contributed by atoms with van der Waals surface area (Å²) < 4.78 is 0. The second-order valence-corrected chi connectivity index (χ2v) is 4.57. The van der Waals surface area contributed by atoms with Gasteiger partial charge >= 0.3 is 0 Å². The molecule has 0 aromatic carbocycles. The average Bonchev–Trinajstić information content (AvgIpc) is 2.29. The van der Waals surface area contributed by atoms with Crippen LogP contribution in [0.25, 0.3) is 0 Å².